The lowest BCUT2D eigenvalue weighted by Gasteiger charge is -2.25. The van der Waals surface area contributed by atoms with Crippen LogP contribution in [-0.4, -0.2) is 44.1 Å². The molecule has 20 heavy (non-hydrogen) atoms. The second-order valence-corrected chi connectivity index (χ2v) is 4.64. The molecular formula is C11H14N4O5. The molecule has 0 radical (unpaired) electrons. The van der Waals surface area contributed by atoms with Crippen molar-refractivity contribution in [3.63, 3.8) is 0 Å². The third kappa shape index (κ3) is 1.87. The molecule has 3 N–H and O–H groups in total. The van der Waals surface area contributed by atoms with E-state index >= 15 is 0 Å². The van der Waals surface area contributed by atoms with E-state index < -0.39 is 23.3 Å². The third-order valence-corrected chi connectivity index (χ3v) is 3.51. The minimum Gasteiger partial charge on any atom is -0.391 e. The molecule has 0 unspecified atom stereocenters. The first-order chi connectivity index (χ1) is 9.58. The molecule has 0 aromatic carbocycles. The maximum atomic E-state index is 11.6. The molecule has 0 aliphatic carbocycles. The maximum Gasteiger partial charge on any atom is 0.327 e. The number of aromatic amines is 2. The van der Waals surface area contributed by atoms with Gasteiger partial charge < -0.3 is 14.6 Å². The summed E-state index contributed by atoms with van der Waals surface area (Å²) in [6.07, 6.45) is 2.01. The van der Waals surface area contributed by atoms with Crippen LogP contribution in [0.15, 0.2) is 15.9 Å². The zero-order valence-electron chi connectivity index (χ0n) is 10.8. The zero-order chi connectivity index (χ0) is 14.3. The number of nitrogens with one attached hydrogen (secondary N) is 2. The summed E-state index contributed by atoms with van der Waals surface area (Å²) in [6, 6.07) is 0. The molecule has 1 fully saturated rings. The molecule has 2 aromatic rings. The van der Waals surface area contributed by atoms with Crippen LogP contribution in [0.4, 0.5) is 0 Å². The van der Waals surface area contributed by atoms with Gasteiger partial charge in [-0.15, -0.1) is 0 Å². The van der Waals surface area contributed by atoms with E-state index in [1.165, 1.54) is 13.4 Å². The van der Waals surface area contributed by atoms with E-state index in [4.69, 9.17) is 9.47 Å². The summed E-state index contributed by atoms with van der Waals surface area (Å²) in [5.74, 6) is -1.05. The van der Waals surface area contributed by atoms with E-state index in [0.717, 1.165) is 0 Å². The minimum absolute atomic E-state index is 0.132. The Hall–Kier alpha value is -1.97. The van der Waals surface area contributed by atoms with Gasteiger partial charge >= 0.3 is 5.69 Å². The average Bonchev–Trinajstić information content (AvgIpc) is 3.02. The van der Waals surface area contributed by atoms with Crippen molar-refractivity contribution in [3.8, 4) is 0 Å². The summed E-state index contributed by atoms with van der Waals surface area (Å²) in [7, 11) is 1.46. The Morgan fingerprint density at radius 1 is 1.60 bits per heavy atom. The van der Waals surface area contributed by atoms with Crippen molar-refractivity contribution in [2.24, 2.45) is 0 Å². The van der Waals surface area contributed by atoms with Crippen LogP contribution < -0.4 is 11.2 Å². The molecule has 0 bridgehead atoms. The van der Waals surface area contributed by atoms with Crippen LogP contribution in [0.25, 0.3) is 11.2 Å². The Morgan fingerprint density at radius 2 is 2.40 bits per heavy atom. The lowest BCUT2D eigenvalue weighted by Crippen LogP contribution is -2.35. The molecule has 108 valence electrons. The van der Waals surface area contributed by atoms with Crippen molar-refractivity contribution in [3.05, 3.63) is 27.2 Å². The van der Waals surface area contributed by atoms with E-state index in [9.17, 15) is 14.7 Å². The summed E-state index contributed by atoms with van der Waals surface area (Å²) >= 11 is 0. The number of aliphatic hydroxyl groups excluding tert-OH is 1. The van der Waals surface area contributed by atoms with Gasteiger partial charge in [-0.2, -0.15) is 0 Å². The number of ether oxygens (including phenoxy) is 2. The van der Waals surface area contributed by atoms with E-state index in [2.05, 4.69) is 15.0 Å². The first-order valence-corrected chi connectivity index (χ1v) is 6.11. The fourth-order valence-corrected chi connectivity index (χ4v) is 2.41. The summed E-state index contributed by atoms with van der Waals surface area (Å²) in [6.45, 7) is -0.274. The number of nitrogens with zero attached hydrogens (tertiary/aromatic N) is 2. The molecule has 0 saturated carbocycles. The van der Waals surface area contributed by atoms with Gasteiger partial charge in [0.05, 0.1) is 12.9 Å². The van der Waals surface area contributed by atoms with Gasteiger partial charge in [0.1, 0.15) is 11.9 Å². The minimum atomic E-state index is -1.05. The van der Waals surface area contributed by atoms with Crippen molar-refractivity contribution in [2.45, 2.75) is 24.9 Å². The predicted molar refractivity (Wildman–Crippen MR) is 67.2 cm³/mol. The highest BCUT2D eigenvalue weighted by molar-refractivity contribution is 5.68. The highest BCUT2D eigenvalue weighted by Crippen LogP contribution is 2.37. The van der Waals surface area contributed by atoms with Gasteiger partial charge in [-0.25, -0.2) is 9.78 Å². The Balaban J connectivity index is 2.04. The molecule has 3 rings (SSSR count). The van der Waals surface area contributed by atoms with Gasteiger partial charge in [0.2, 0.25) is 0 Å². The number of fused-ring (bicyclic) bond motifs is 1. The number of imidazole rings is 1. The van der Waals surface area contributed by atoms with E-state index in [-0.39, 0.29) is 17.8 Å². The normalized spacial score (nSPS) is 26.4. The van der Waals surface area contributed by atoms with Gasteiger partial charge in [-0.1, -0.05) is 0 Å². The first-order valence-electron chi connectivity index (χ1n) is 6.11. The maximum absolute atomic E-state index is 11.6. The van der Waals surface area contributed by atoms with Crippen LogP contribution in [0.5, 0.6) is 0 Å². The molecule has 3 heterocycles. The highest BCUT2D eigenvalue weighted by Gasteiger charge is 2.41. The molecule has 1 aliphatic rings. The first kappa shape index (κ1) is 13.0. The third-order valence-electron chi connectivity index (χ3n) is 3.51. The molecule has 9 heteroatoms. The summed E-state index contributed by atoms with van der Waals surface area (Å²) in [4.78, 5) is 31.6. The molecular weight excluding hydrogens is 268 g/mol. The number of methoxy groups -OCH3 is 1. The zero-order valence-corrected chi connectivity index (χ0v) is 10.8. The van der Waals surface area contributed by atoms with Gasteiger partial charge in [0, 0.05) is 13.5 Å². The van der Waals surface area contributed by atoms with Crippen LogP contribution >= 0.6 is 0 Å². The number of H-pyrrole nitrogens is 2. The molecule has 9 nitrogen and oxygen atoms in total. The summed E-state index contributed by atoms with van der Waals surface area (Å²) < 4.78 is 12.4. The molecule has 1 saturated heterocycles. The van der Waals surface area contributed by atoms with Crippen LogP contribution in [0.3, 0.4) is 0 Å². The number of rotatable bonds is 3. The fourth-order valence-electron chi connectivity index (χ4n) is 2.41. The van der Waals surface area contributed by atoms with Crippen LogP contribution in [-0.2, 0) is 9.47 Å². The largest absolute Gasteiger partial charge is 0.391 e. The SMILES string of the molecule is CO[C@]1(CO)CC[C@@H](n2cnc3c(=O)[nH]c(=O)[nH]c32)O1. The summed E-state index contributed by atoms with van der Waals surface area (Å²) in [5, 5.41) is 9.35. The number of aromatic nitrogens is 4. The Morgan fingerprint density at radius 3 is 3.05 bits per heavy atom. The van der Waals surface area contributed by atoms with Crippen LogP contribution in [0.2, 0.25) is 0 Å². The monoisotopic (exact) mass is 282 g/mol. The van der Waals surface area contributed by atoms with Crippen molar-refractivity contribution < 1.29 is 14.6 Å². The number of aliphatic hydroxyl groups is 1. The Kier molecular flexibility index (Phi) is 2.96. The summed E-state index contributed by atoms with van der Waals surface area (Å²) in [5.41, 5.74) is -0.747. The van der Waals surface area contributed by atoms with Crippen molar-refractivity contribution in [1.29, 1.82) is 0 Å². The predicted octanol–water partition coefficient (Wildman–Crippen LogP) is -0.943. The lowest BCUT2D eigenvalue weighted by atomic mass is 10.2. The molecule has 1 aliphatic heterocycles. The second-order valence-electron chi connectivity index (χ2n) is 4.64. The van der Waals surface area contributed by atoms with Gasteiger partial charge in [-0.05, 0) is 6.42 Å². The lowest BCUT2D eigenvalue weighted by molar-refractivity contribution is -0.241. The number of hydrogen-bond donors (Lipinski definition) is 3. The quantitative estimate of drug-likeness (QED) is 0.667. The van der Waals surface area contributed by atoms with Gasteiger partial charge in [-0.3, -0.25) is 19.3 Å². The van der Waals surface area contributed by atoms with E-state index in [1.807, 2.05) is 0 Å². The Labute approximate surface area is 112 Å². The number of hydrogen-bond acceptors (Lipinski definition) is 6. The van der Waals surface area contributed by atoms with Crippen LogP contribution in [0.1, 0.15) is 19.1 Å². The molecule has 0 amide bonds. The van der Waals surface area contributed by atoms with Crippen molar-refractivity contribution >= 4 is 11.2 Å². The van der Waals surface area contributed by atoms with Gasteiger partial charge in [0.25, 0.3) is 5.56 Å². The van der Waals surface area contributed by atoms with E-state index in [0.29, 0.717) is 12.8 Å². The molecule has 2 atom stereocenters. The highest BCUT2D eigenvalue weighted by atomic mass is 16.7. The smallest absolute Gasteiger partial charge is 0.327 e. The fraction of sp³-hybridized carbons (Fsp3) is 0.545. The second kappa shape index (κ2) is 4.54. The van der Waals surface area contributed by atoms with E-state index in [1.54, 1.807) is 4.57 Å². The topological polar surface area (TPSA) is 122 Å². The van der Waals surface area contributed by atoms with Crippen LogP contribution in [0, 0.1) is 0 Å². The average molecular weight is 282 g/mol. The molecule has 2 aromatic heterocycles. The molecule has 0 spiro atoms. The standard InChI is InChI=1S/C11H14N4O5/c1-19-11(4-16)3-2-6(20-11)15-5-12-7-8(15)13-10(18)14-9(7)17/h5-6,16H,2-4H2,1H3,(H2,13,14,17,18)/t6-,11+/m0/s1. The Bertz CT molecular complexity index is 741. The van der Waals surface area contributed by atoms with Gasteiger partial charge in [0.15, 0.2) is 11.3 Å². The van der Waals surface area contributed by atoms with Crippen molar-refractivity contribution in [1.82, 2.24) is 19.5 Å². The van der Waals surface area contributed by atoms with Crippen molar-refractivity contribution in [2.75, 3.05) is 13.7 Å².